The van der Waals surface area contributed by atoms with Gasteiger partial charge in [0, 0.05) is 52.0 Å². The third-order valence-corrected chi connectivity index (χ3v) is 4.79. The molecule has 2 atom stereocenters. The number of ether oxygens (including phenoxy) is 1. The quantitative estimate of drug-likeness (QED) is 0.889. The summed E-state index contributed by atoms with van der Waals surface area (Å²) in [4.78, 5) is 23.4. The van der Waals surface area contributed by atoms with Crippen molar-refractivity contribution < 1.29 is 9.53 Å². The minimum atomic E-state index is -0.0278. The summed E-state index contributed by atoms with van der Waals surface area (Å²) in [7, 11) is 2.14. The Hall–Kier alpha value is -1.86. The van der Waals surface area contributed by atoms with E-state index < -0.39 is 0 Å². The Labute approximate surface area is 149 Å². The summed E-state index contributed by atoms with van der Waals surface area (Å²) in [5.74, 6) is 0.994. The number of likely N-dealkylation sites (N-methyl/N-ethyl adjacent to an activating group) is 1. The molecule has 0 saturated carbocycles. The minimum absolute atomic E-state index is 0.0278. The summed E-state index contributed by atoms with van der Waals surface area (Å²) in [6.07, 6.45) is 1.99. The van der Waals surface area contributed by atoms with Crippen molar-refractivity contribution in [3.8, 4) is 0 Å². The van der Waals surface area contributed by atoms with Crippen LogP contribution in [0.4, 0.5) is 10.6 Å². The number of nitrogens with zero attached hydrogens (tertiary/aromatic N) is 4. The number of hydrogen-bond donors (Lipinski definition) is 1. The maximum absolute atomic E-state index is 12.4. The first kappa shape index (κ1) is 17.9. The first-order valence-corrected chi connectivity index (χ1v) is 9.08. The first-order chi connectivity index (χ1) is 12.0. The SMILES string of the molecule is C[C@@H]1CN(C(=O)NCc2ccnc(N3CCN(C)CC3)c2)C[C@@H](C)O1. The predicted octanol–water partition coefficient (Wildman–Crippen LogP) is 1.15. The van der Waals surface area contributed by atoms with Gasteiger partial charge in [0.05, 0.1) is 12.2 Å². The van der Waals surface area contributed by atoms with Crippen molar-refractivity contribution in [3.05, 3.63) is 23.9 Å². The van der Waals surface area contributed by atoms with Gasteiger partial charge < -0.3 is 24.8 Å². The van der Waals surface area contributed by atoms with Gasteiger partial charge >= 0.3 is 6.03 Å². The number of carbonyl (C=O) groups is 1. The van der Waals surface area contributed by atoms with Crippen LogP contribution in [0, 0.1) is 0 Å². The summed E-state index contributed by atoms with van der Waals surface area (Å²) in [5.41, 5.74) is 1.08. The van der Waals surface area contributed by atoms with Crippen molar-refractivity contribution in [1.82, 2.24) is 20.1 Å². The third kappa shape index (κ3) is 4.83. The van der Waals surface area contributed by atoms with Crippen LogP contribution >= 0.6 is 0 Å². The summed E-state index contributed by atoms with van der Waals surface area (Å²) in [6.45, 7) is 9.88. The van der Waals surface area contributed by atoms with Gasteiger partial charge in [0.2, 0.25) is 0 Å². The highest BCUT2D eigenvalue weighted by Gasteiger charge is 2.25. The second-order valence-electron chi connectivity index (χ2n) is 7.13. The molecule has 3 rings (SSSR count). The van der Waals surface area contributed by atoms with E-state index in [4.69, 9.17) is 4.74 Å². The van der Waals surface area contributed by atoms with Gasteiger partial charge in [-0.1, -0.05) is 0 Å². The Morgan fingerprint density at radius 2 is 1.92 bits per heavy atom. The third-order valence-electron chi connectivity index (χ3n) is 4.79. The number of anilines is 1. The molecule has 2 aliphatic rings. The highest BCUT2D eigenvalue weighted by Crippen LogP contribution is 2.15. The zero-order valence-electron chi connectivity index (χ0n) is 15.4. The van der Waals surface area contributed by atoms with E-state index in [1.165, 1.54) is 0 Å². The Bertz CT molecular complexity index is 579. The molecule has 2 fully saturated rings. The molecule has 0 aromatic carbocycles. The van der Waals surface area contributed by atoms with Gasteiger partial charge in [0.25, 0.3) is 0 Å². The fraction of sp³-hybridized carbons (Fsp3) is 0.667. The minimum Gasteiger partial charge on any atom is -0.372 e. The number of hydrogen-bond acceptors (Lipinski definition) is 5. The average Bonchev–Trinajstić information content (AvgIpc) is 2.60. The molecule has 1 aromatic rings. The molecule has 0 spiro atoms. The zero-order chi connectivity index (χ0) is 17.8. The molecular weight excluding hydrogens is 318 g/mol. The van der Waals surface area contributed by atoms with Crippen LogP contribution in [0.2, 0.25) is 0 Å². The highest BCUT2D eigenvalue weighted by atomic mass is 16.5. The van der Waals surface area contributed by atoms with Crippen LogP contribution in [0.25, 0.3) is 0 Å². The van der Waals surface area contributed by atoms with Gasteiger partial charge in [-0.15, -0.1) is 0 Å². The molecule has 0 radical (unpaired) electrons. The monoisotopic (exact) mass is 347 g/mol. The fourth-order valence-corrected chi connectivity index (χ4v) is 3.41. The molecule has 138 valence electrons. The molecule has 1 N–H and O–H groups in total. The van der Waals surface area contributed by atoms with E-state index in [0.717, 1.165) is 37.6 Å². The van der Waals surface area contributed by atoms with Crippen molar-refractivity contribution in [2.75, 3.05) is 51.2 Å². The van der Waals surface area contributed by atoms with Crippen LogP contribution in [-0.4, -0.2) is 79.3 Å². The number of pyridine rings is 1. The number of amides is 2. The van der Waals surface area contributed by atoms with E-state index in [1.54, 1.807) is 0 Å². The van der Waals surface area contributed by atoms with Crippen LogP contribution in [0.1, 0.15) is 19.4 Å². The van der Waals surface area contributed by atoms with Gasteiger partial charge in [0.1, 0.15) is 5.82 Å². The topological polar surface area (TPSA) is 60.9 Å². The van der Waals surface area contributed by atoms with Gasteiger partial charge in [-0.05, 0) is 38.6 Å². The number of nitrogens with one attached hydrogen (secondary N) is 1. The molecule has 7 nitrogen and oxygen atoms in total. The smallest absolute Gasteiger partial charge is 0.317 e. The summed E-state index contributed by atoms with van der Waals surface area (Å²) >= 11 is 0. The van der Waals surface area contributed by atoms with Crippen LogP contribution < -0.4 is 10.2 Å². The number of piperazine rings is 1. The second kappa shape index (κ2) is 8.01. The fourth-order valence-electron chi connectivity index (χ4n) is 3.41. The molecule has 25 heavy (non-hydrogen) atoms. The number of aromatic nitrogens is 1. The molecule has 2 saturated heterocycles. The predicted molar refractivity (Wildman–Crippen MR) is 97.8 cm³/mol. The lowest BCUT2D eigenvalue weighted by Gasteiger charge is -2.35. The van der Waals surface area contributed by atoms with E-state index in [-0.39, 0.29) is 18.2 Å². The lowest BCUT2D eigenvalue weighted by Crippen LogP contribution is -2.51. The van der Waals surface area contributed by atoms with E-state index in [0.29, 0.717) is 19.6 Å². The molecule has 2 aliphatic heterocycles. The zero-order valence-corrected chi connectivity index (χ0v) is 15.4. The number of carbonyl (C=O) groups excluding carboxylic acids is 1. The second-order valence-corrected chi connectivity index (χ2v) is 7.13. The molecule has 7 heteroatoms. The Morgan fingerprint density at radius 3 is 2.60 bits per heavy atom. The first-order valence-electron chi connectivity index (χ1n) is 9.08. The van der Waals surface area contributed by atoms with Crippen molar-refractivity contribution >= 4 is 11.8 Å². The lowest BCUT2D eigenvalue weighted by atomic mass is 10.2. The maximum Gasteiger partial charge on any atom is 0.317 e. The van der Waals surface area contributed by atoms with Crippen LogP contribution in [0.3, 0.4) is 0 Å². The summed E-state index contributed by atoms with van der Waals surface area (Å²) in [6, 6.07) is 4.01. The van der Waals surface area contributed by atoms with Crippen LogP contribution in [0.5, 0.6) is 0 Å². The van der Waals surface area contributed by atoms with Gasteiger partial charge in [0.15, 0.2) is 0 Å². The van der Waals surface area contributed by atoms with E-state index in [9.17, 15) is 4.79 Å². The molecule has 1 aromatic heterocycles. The summed E-state index contributed by atoms with van der Waals surface area (Å²) < 4.78 is 5.68. The molecule has 3 heterocycles. The van der Waals surface area contributed by atoms with Crippen molar-refractivity contribution in [1.29, 1.82) is 0 Å². The van der Waals surface area contributed by atoms with Gasteiger partial charge in [-0.3, -0.25) is 0 Å². The Morgan fingerprint density at radius 1 is 1.24 bits per heavy atom. The standard InChI is InChI=1S/C18H29N5O2/c1-14-12-23(13-15(2)25-14)18(24)20-11-16-4-5-19-17(10-16)22-8-6-21(3)7-9-22/h4-5,10,14-15H,6-9,11-13H2,1-3H3,(H,20,24)/t14-,15-/m1/s1. The molecule has 2 amide bonds. The van der Waals surface area contributed by atoms with Crippen LogP contribution in [0.15, 0.2) is 18.3 Å². The number of urea groups is 1. The largest absolute Gasteiger partial charge is 0.372 e. The molecule has 0 unspecified atom stereocenters. The normalized spacial score (nSPS) is 25.1. The average molecular weight is 347 g/mol. The molecule has 0 bridgehead atoms. The number of morpholine rings is 1. The van der Waals surface area contributed by atoms with Crippen molar-refractivity contribution in [3.63, 3.8) is 0 Å². The van der Waals surface area contributed by atoms with E-state index in [1.807, 2.05) is 31.0 Å². The lowest BCUT2D eigenvalue weighted by molar-refractivity contribution is -0.0545. The van der Waals surface area contributed by atoms with Crippen molar-refractivity contribution in [2.24, 2.45) is 0 Å². The van der Waals surface area contributed by atoms with E-state index >= 15 is 0 Å². The Kier molecular flexibility index (Phi) is 5.75. The number of rotatable bonds is 3. The molecular formula is C18H29N5O2. The Balaban J connectivity index is 1.54. The van der Waals surface area contributed by atoms with Gasteiger partial charge in [-0.2, -0.15) is 0 Å². The molecule has 0 aliphatic carbocycles. The highest BCUT2D eigenvalue weighted by molar-refractivity contribution is 5.74. The van der Waals surface area contributed by atoms with Crippen LogP contribution in [-0.2, 0) is 11.3 Å². The van der Waals surface area contributed by atoms with E-state index in [2.05, 4.69) is 33.2 Å². The maximum atomic E-state index is 12.4. The van der Waals surface area contributed by atoms with Gasteiger partial charge in [-0.25, -0.2) is 9.78 Å². The van der Waals surface area contributed by atoms with Crippen molar-refractivity contribution in [2.45, 2.75) is 32.6 Å². The summed E-state index contributed by atoms with van der Waals surface area (Å²) in [5, 5.41) is 3.02.